The SMILES string of the molecule is OC(CCc1ccc2c(c1)OCO2)c1ccc(Cl)cc1. The Morgan fingerprint density at radius 1 is 1.05 bits per heavy atom. The van der Waals surface area contributed by atoms with Gasteiger partial charge in [-0.25, -0.2) is 0 Å². The molecule has 1 aliphatic heterocycles. The minimum Gasteiger partial charge on any atom is -0.454 e. The van der Waals surface area contributed by atoms with Crippen LogP contribution in [0.15, 0.2) is 42.5 Å². The van der Waals surface area contributed by atoms with E-state index in [4.69, 9.17) is 21.1 Å². The number of aryl methyl sites for hydroxylation is 1. The normalized spacial score (nSPS) is 14.3. The number of fused-ring (bicyclic) bond motifs is 1. The molecule has 0 amide bonds. The topological polar surface area (TPSA) is 38.7 Å². The molecule has 1 heterocycles. The molecule has 1 N–H and O–H groups in total. The quantitative estimate of drug-likeness (QED) is 0.932. The summed E-state index contributed by atoms with van der Waals surface area (Å²) in [4.78, 5) is 0. The molecule has 2 aromatic carbocycles. The van der Waals surface area contributed by atoms with Gasteiger partial charge in [-0.1, -0.05) is 29.8 Å². The molecule has 104 valence electrons. The molecule has 3 rings (SSSR count). The number of rotatable bonds is 4. The highest BCUT2D eigenvalue weighted by Crippen LogP contribution is 2.33. The van der Waals surface area contributed by atoms with Crippen molar-refractivity contribution in [2.45, 2.75) is 18.9 Å². The Kier molecular flexibility index (Phi) is 3.81. The predicted octanol–water partition coefficient (Wildman–Crippen LogP) is 3.73. The van der Waals surface area contributed by atoms with Gasteiger partial charge in [0.1, 0.15) is 0 Å². The largest absolute Gasteiger partial charge is 0.454 e. The van der Waals surface area contributed by atoms with Crippen molar-refractivity contribution in [2.24, 2.45) is 0 Å². The van der Waals surface area contributed by atoms with Gasteiger partial charge in [0.25, 0.3) is 0 Å². The second-order valence-electron chi connectivity index (χ2n) is 4.79. The molecule has 20 heavy (non-hydrogen) atoms. The smallest absolute Gasteiger partial charge is 0.231 e. The molecule has 1 unspecified atom stereocenters. The first-order valence-electron chi connectivity index (χ1n) is 6.54. The first kappa shape index (κ1) is 13.3. The van der Waals surface area contributed by atoms with E-state index in [1.807, 2.05) is 30.3 Å². The van der Waals surface area contributed by atoms with E-state index >= 15 is 0 Å². The summed E-state index contributed by atoms with van der Waals surface area (Å²) in [5.74, 6) is 1.57. The van der Waals surface area contributed by atoms with Crippen LogP contribution in [0.2, 0.25) is 5.02 Å². The summed E-state index contributed by atoms with van der Waals surface area (Å²) in [7, 11) is 0. The number of aliphatic hydroxyl groups excluding tert-OH is 1. The van der Waals surface area contributed by atoms with Crippen LogP contribution < -0.4 is 9.47 Å². The van der Waals surface area contributed by atoms with Crippen molar-refractivity contribution in [2.75, 3.05) is 6.79 Å². The van der Waals surface area contributed by atoms with Gasteiger partial charge in [0.15, 0.2) is 11.5 Å². The van der Waals surface area contributed by atoms with Crippen LogP contribution in [0.4, 0.5) is 0 Å². The van der Waals surface area contributed by atoms with Gasteiger partial charge in [0, 0.05) is 5.02 Å². The van der Waals surface area contributed by atoms with Gasteiger partial charge < -0.3 is 14.6 Å². The first-order valence-corrected chi connectivity index (χ1v) is 6.92. The molecule has 0 bridgehead atoms. The second-order valence-corrected chi connectivity index (χ2v) is 5.23. The van der Waals surface area contributed by atoms with E-state index in [-0.39, 0.29) is 6.79 Å². The van der Waals surface area contributed by atoms with E-state index in [0.29, 0.717) is 11.4 Å². The number of hydrogen-bond donors (Lipinski definition) is 1. The van der Waals surface area contributed by atoms with Crippen molar-refractivity contribution in [3.05, 3.63) is 58.6 Å². The summed E-state index contributed by atoms with van der Waals surface area (Å²) >= 11 is 5.84. The maximum atomic E-state index is 10.2. The zero-order chi connectivity index (χ0) is 13.9. The maximum Gasteiger partial charge on any atom is 0.231 e. The predicted molar refractivity (Wildman–Crippen MR) is 77.3 cm³/mol. The highest BCUT2D eigenvalue weighted by molar-refractivity contribution is 6.30. The Balaban J connectivity index is 1.63. The Morgan fingerprint density at radius 3 is 2.60 bits per heavy atom. The molecule has 0 saturated heterocycles. The zero-order valence-corrected chi connectivity index (χ0v) is 11.6. The molecule has 0 spiro atoms. The molecule has 2 aromatic rings. The second kappa shape index (κ2) is 5.73. The maximum absolute atomic E-state index is 10.2. The number of halogens is 1. The van der Waals surface area contributed by atoms with Gasteiger partial charge in [-0.2, -0.15) is 0 Å². The third-order valence-electron chi connectivity index (χ3n) is 3.40. The fourth-order valence-corrected chi connectivity index (χ4v) is 2.38. The van der Waals surface area contributed by atoms with Crippen LogP contribution in [0.3, 0.4) is 0 Å². The van der Waals surface area contributed by atoms with Crippen molar-refractivity contribution < 1.29 is 14.6 Å². The third kappa shape index (κ3) is 2.89. The van der Waals surface area contributed by atoms with E-state index in [9.17, 15) is 5.11 Å². The van der Waals surface area contributed by atoms with Crippen LogP contribution in [-0.4, -0.2) is 11.9 Å². The van der Waals surface area contributed by atoms with Crippen molar-refractivity contribution in [1.29, 1.82) is 0 Å². The average molecular weight is 291 g/mol. The summed E-state index contributed by atoms with van der Waals surface area (Å²) in [5.41, 5.74) is 2.01. The number of ether oxygens (including phenoxy) is 2. The number of aliphatic hydroxyl groups is 1. The van der Waals surface area contributed by atoms with Gasteiger partial charge in [-0.05, 0) is 48.2 Å². The van der Waals surface area contributed by atoms with Crippen LogP contribution in [0.5, 0.6) is 11.5 Å². The van der Waals surface area contributed by atoms with Gasteiger partial charge in [-0.3, -0.25) is 0 Å². The Labute approximate surface area is 122 Å². The first-order chi connectivity index (χ1) is 9.72. The van der Waals surface area contributed by atoms with Crippen molar-refractivity contribution >= 4 is 11.6 Å². The Morgan fingerprint density at radius 2 is 1.80 bits per heavy atom. The van der Waals surface area contributed by atoms with Crippen LogP contribution in [0, 0.1) is 0 Å². The van der Waals surface area contributed by atoms with E-state index in [1.165, 1.54) is 0 Å². The number of benzene rings is 2. The number of hydrogen-bond acceptors (Lipinski definition) is 3. The van der Waals surface area contributed by atoms with Gasteiger partial charge in [0.2, 0.25) is 6.79 Å². The van der Waals surface area contributed by atoms with Crippen LogP contribution in [0.1, 0.15) is 23.7 Å². The molecule has 0 aromatic heterocycles. The summed E-state index contributed by atoms with van der Waals surface area (Å²) in [6.45, 7) is 0.284. The molecule has 3 nitrogen and oxygen atoms in total. The molecule has 0 fully saturated rings. The molecule has 1 atom stereocenters. The fraction of sp³-hybridized carbons (Fsp3) is 0.250. The Bertz CT molecular complexity index is 595. The zero-order valence-electron chi connectivity index (χ0n) is 10.9. The van der Waals surface area contributed by atoms with Crippen molar-refractivity contribution in [3.8, 4) is 11.5 Å². The van der Waals surface area contributed by atoms with Crippen molar-refractivity contribution in [3.63, 3.8) is 0 Å². The van der Waals surface area contributed by atoms with Gasteiger partial charge in [0.05, 0.1) is 6.10 Å². The molecular formula is C16H15ClO3. The van der Waals surface area contributed by atoms with E-state index in [2.05, 4.69) is 0 Å². The minimum absolute atomic E-state index is 0.284. The highest BCUT2D eigenvalue weighted by atomic mass is 35.5. The molecular weight excluding hydrogens is 276 g/mol. The monoisotopic (exact) mass is 290 g/mol. The molecule has 1 aliphatic rings. The average Bonchev–Trinajstić information content (AvgIpc) is 2.93. The summed E-state index contributed by atoms with van der Waals surface area (Å²) < 4.78 is 10.6. The van der Waals surface area contributed by atoms with Crippen LogP contribution >= 0.6 is 11.6 Å². The van der Waals surface area contributed by atoms with E-state index in [0.717, 1.165) is 29.0 Å². The van der Waals surface area contributed by atoms with Crippen LogP contribution in [-0.2, 0) is 6.42 Å². The molecule has 0 radical (unpaired) electrons. The third-order valence-corrected chi connectivity index (χ3v) is 3.65. The lowest BCUT2D eigenvalue weighted by Gasteiger charge is -2.11. The van der Waals surface area contributed by atoms with Crippen LogP contribution in [0.25, 0.3) is 0 Å². The summed E-state index contributed by atoms with van der Waals surface area (Å²) in [6.07, 6.45) is 0.944. The lowest BCUT2D eigenvalue weighted by molar-refractivity contribution is 0.167. The minimum atomic E-state index is -0.488. The van der Waals surface area contributed by atoms with Gasteiger partial charge >= 0.3 is 0 Å². The fourth-order valence-electron chi connectivity index (χ4n) is 2.25. The molecule has 0 saturated carbocycles. The van der Waals surface area contributed by atoms with E-state index < -0.39 is 6.10 Å². The standard InChI is InChI=1S/C16H15ClO3/c17-13-5-3-12(4-6-13)14(18)7-1-11-2-8-15-16(9-11)20-10-19-15/h2-6,8-9,14,18H,1,7,10H2. The Hall–Kier alpha value is -1.71. The molecule has 4 heteroatoms. The lowest BCUT2D eigenvalue weighted by Crippen LogP contribution is -1.99. The lowest BCUT2D eigenvalue weighted by atomic mass is 10.0. The van der Waals surface area contributed by atoms with Gasteiger partial charge in [-0.15, -0.1) is 0 Å². The summed E-state index contributed by atoms with van der Waals surface area (Å²) in [5, 5.41) is 10.8. The molecule has 0 aliphatic carbocycles. The van der Waals surface area contributed by atoms with E-state index in [1.54, 1.807) is 12.1 Å². The summed E-state index contributed by atoms with van der Waals surface area (Å²) in [6, 6.07) is 13.2. The van der Waals surface area contributed by atoms with Crippen molar-refractivity contribution in [1.82, 2.24) is 0 Å². The highest BCUT2D eigenvalue weighted by Gasteiger charge is 2.14.